The third-order valence-corrected chi connectivity index (χ3v) is 4.14. The van der Waals surface area contributed by atoms with Crippen LogP contribution >= 0.6 is 11.6 Å². The quantitative estimate of drug-likeness (QED) is 0.808. The minimum atomic E-state index is -0.139. The molecule has 122 valence electrons. The topological polar surface area (TPSA) is 50.4 Å². The number of nitrogens with one attached hydrogen (secondary N) is 2. The van der Waals surface area contributed by atoms with Gasteiger partial charge in [0.15, 0.2) is 0 Å². The van der Waals surface area contributed by atoms with Crippen molar-refractivity contribution in [3.05, 3.63) is 28.8 Å². The van der Waals surface area contributed by atoms with Crippen LogP contribution in [0.25, 0.3) is 0 Å². The molecule has 22 heavy (non-hydrogen) atoms. The fourth-order valence-electron chi connectivity index (χ4n) is 2.73. The van der Waals surface area contributed by atoms with Gasteiger partial charge in [0, 0.05) is 17.6 Å². The first-order chi connectivity index (χ1) is 10.6. The number of hydrogen-bond acceptors (Lipinski definition) is 3. The maximum Gasteiger partial charge on any atom is 0.255 e. The van der Waals surface area contributed by atoms with Crippen molar-refractivity contribution in [3.8, 4) is 5.75 Å². The van der Waals surface area contributed by atoms with Gasteiger partial charge in [0.25, 0.3) is 5.91 Å². The summed E-state index contributed by atoms with van der Waals surface area (Å²) in [6, 6.07) is 5.47. The second-order valence-corrected chi connectivity index (χ2v) is 6.27. The number of benzene rings is 1. The first kappa shape index (κ1) is 17.1. The molecule has 0 aliphatic heterocycles. The number of amides is 1. The zero-order valence-electron chi connectivity index (χ0n) is 13.3. The lowest BCUT2D eigenvalue weighted by atomic mass is 10.1. The summed E-state index contributed by atoms with van der Waals surface area (Å²) in [5, 5.41) is 6.75. The third-order valence-electron chi connectivity index (χ3n) is 3.90. The molecule has 5 heteroatoms. The van der Waals surface area contributed by atoms with E-state index in [-0.39, 0.29) is 18.1 Å². The summed E-state index contributed by atoms with van der Waals surface area (Å²) in [6.07, 6.45) is 4.72. The number of carbonyl (C=O) groups excluding carboxylic acids is 1. The van der Waals surface area contributed by atoms with Gasteiger partial charge in [-0.1, -0.05) is 18.5 Å². The normalized spacial score (nSPS) is 16.5. The fourth-order valence-corrected chi connectivity index (χ4v) is 2.90. The highest BCUT2D eigenvalue weighted by molar-refractivity contribution is 6.31. The Morgan fingerprint density at radius 1 is 1.41 bits per heavy atom. The molecular formula is C17H25ClN2O2. The van der Waals surface area contributed by atoms with E-state index < -0.39 is 0 Å². The van der Waals surface area contributed by atoms with Crippen LogP contribution in [-0.2, 0) is 0 Å². The first-order valence-electron chi connectivity index (χ1n) is 8.08. The third kappa shape index (κ3) is 4.89. The van der Waals surface area contributed by atoms with Gasteiger partial charge >= 0.3 is 0 Å². The second-order valence-electron chi connectivity index (χ2n) is 5.83. The molecule has 4 nitrogen and oxygen atoms in total. The van der Waals surface area contributed by atoms with Gasteiger partial charge < -0.3 is 15.4 Å². The zero-order valence-corrected chi connectivity index (χ0v) is 14.1. The maximum absolute atomic E-state index is 12.4. The molecule has 0 aromatic heterocycles. The van der Waals surface area contributed by atoms with E-state index >= 15 is 0 Å². The van der Waals surface area contributed by atoms with Crippen LogP contribution in [0, 0.1) is 0 Å². The smallest absolute Gasteiger partial charge is 0.255 e. The van der Waals surface area contributed by atoms with E-state index in [1.807, 2.05) is 13.8 Å². The van der Waals surface area contributed by atoms with Gasteiger partial charge in [-0.15, -0.1) is 0 Å². The van der Waals surface area contributed by atoms with E-state index in [2.05, 4.69) is 10.6 Å². The lowest BCUT2D eigenvalue weighted by Crippen LogP contribution is -2.39. The van der Waals surface area contributed by atoms with Gasteiger partial charge in [-0.25, -0.2) is 0 Å². The summed E-state index contributed by atoms with van der Waals surface area (Å²) in [7, 11) is 0. The van der Waals surface area contributed by atoms with E-state index in [1.165, 1.54) is 12.8 Å². The van der Waals surface area contributed by atoms with Gasteiger partial charge in [-0.2, -0.15) is 0 Å². The Labute approximate surface area is 137 Å². The average molecular weight is 325 g/mol. The summed E-state index contributed by atoms with van der Waals surface area (Å²) in [5.74, 6) is 0.491. The SMILES string of the molecule is CCN[C@H](C)CNC(=O)c1cc(Cl)ccc1OC1CCCC1. The molecular weight excluding hydrogens is 300 g/mol. The van der Waals surface area contributed by atoms with E-state index in [0.717, 1.165) is 19.4 Å². The van der Waals surface area contributed by atoms with Crippen molar-refractivity contribution in [1.82, 2.24) is 10.6 Å². The van der Waals surface area contributed by atoms with E-state index in [9.17, 15) is 4.79 Å². The fraction of sp³-hybridized carbons (Fsp3) is 0.588. The Morgan fingerprint density at radius 3 is 2.82 bits per heavy atom. The molecule has 0 spiro atoms. The summed E-state index contributed by atoms with van der Waals surface area (Å²) in [4.78, 5) is 12.4. The molecule has 1 aromatic rings. The van der Waals surface area contributed by atoms with Crippen LogP contribution in [0.3, 0.4) is 0 Å². The molecule has 0 bridgehead atoms. The predicted octanol–water partition coefficient (Wildman–Crippen LogP) is 3.39. The number of ether oxygens (including phenoxy) is 1. The molecule has 2 N–H and O–H groups in total. The number of halogens is 1. The van der Waals surface area contributed by atoms with Crippen LogP contribution in [0.4, 0.5) is 0 Å². The summed E-state index contributed by atoms with van der Waals surface area (Å²) in [6.45, 7) is 5.53. The van der Waals surface area contributed by atoms with Crippen LogP contribution in [0.15, 0.2) is 18.2 Å². The van der Waals surface area contributed by atoms with Crippen molar-refractivity contribution < 1.29 is 9.53 Å². The Bertz CT molecular complexity index is 501. The van der Waals surface area contributed by atoms with Crippen LogP contribution in [0.5, 0.6) is 5.75 Å². The molecule has 1 atom stereocenters. The molecule has 0 saturated heterocycles. The van der Waals surface area contributed by atoms with Crippen molar-refractivity contribution in [2.24, 2.45) is 0 Å². The number of rotatable bonds is 7. The molecule has 1 aliphatic rings. The Kier molecular flexibility index (Phi) is 6.52. The van der Waals surface area contributed by atoms with Crippen LogP contribution in [0.2, 0.25) is 5.02 Å². The Hall–Kier alpha value is -1.26. The standard InChI is InChI=1S/C17H25ClN2O2/c1-3-19-12(2)11-20-17(21)15-10-13(18)8-9-16(15)22-14-6-4-5-7-14/h8-10,12,14,19H,3-7,11H2,1-2H3,(H,20,21)/t12-/m1/s1. The average Bonchev–Trinajstić information content (AvgIpc) is 3.00. The molecule has 1 amide bonds. The molecule has 1 aromatic carbocycles. The van der Waals surface area contributed by atoms with E-state index in [0.29, 0.717) is 22.9 Å². The molecule has 1 aliphatic carbocycles. The second kappa shape index (κ2) is 8.39. The minimum absolute atomic E-state index is 0.139. The largest absolute Gasteiger partial charge is 0.490 e. The molecule has 1 saturated carbocycles. The molecule has 0 heterocycles. The van der Waals surface area contributed by atoms with Gasteiger partial charge in [-0.05, 0) is 57.4 Å². The monoisotopic (exact) mass is 324 g/mol. The highest BCUT2D eigenvalue weighted by Crippen LogP contribution is 2.28. The van der Waals surface area contributed by atoms with Gasteiger partial charge in [0.05, 0.1) is 11.7 Å². The van der Waals surface area contributed by atoms with E-state index in [4.69, 9.17) is 16.3 Å². The summed E-state index contributed by atoms with van der Waals surface area (Å²) >= 11 is 6.04. The highest BCUT2D eigenvalue weighted by atomic mass is 35.5. The molecule has 0 unspecified atom stereocenters. The van der Waals surface area contributed by atoms with Gasteiger partial charge in [-0.3, -0.25) is 4.79 Å². The highest BCUT2D eigenvalue weighted by Gasteiger charge is 2.20. The first-order valence-corrected chi connectivity index (χ1v) is 8.45. The Morgan fingerprint density at radius 2 is 2.14 bits per heavy atom. The summed E-state index contributed by atoms with van der Waals surface area (Å²) in [5.41, 5.74) is 0.517. The molecule has 2 rings (SSSR count). The van der Waals surface area contributed by atoms with Gasteiger partial charge in [0.1, 0.15) is 5.75 Å². The number of hydrogen-bond donors (Lipinski definition) is 2. The lowest BCUT2D eigenvalue weighted by Gasteiger charge is -2.18. The Balaban J connectivity index is 2.03. The maximum atomic E-state index is 12.4. The van der Waals surface area contributed by atoms with Crippen molar-refractivity contribution in [1.29, 1.82) is 0 Å². The minimum Gasteiger partial charge on any atom is -0.490 e. The number of carbonyl (C=O) groups is 1. The molecule has 1 fully saturated rings. The van der Waals surface area contributed by atoms with Crippen LogP contribution in [-0.4, -0.2) is 31.1 Å². The predicted molar refractivity (Wildman–Crippen MR) is 89.8 cm³/mol. The van der Waals surface area contributed by atoms with Crippen molar-refractivity contribution in [3.63, 3.8) is 0 Å². The van der Waals surface area contributed by atoms with Crippen molar-refractivity contribution >= 4 is 17.5 Å². The van der Waals surface area contributed by atoms with Crippen molar-refractivity contribution in [2.45, 2.75) is 51.7 Å². The molecule has 0 radical (unpaired) electrons. The van der Waals surface area contributed by atoms with Crippen LogP contribution < -0.4 is 15.4 Å². The van der Waals surface area contributed by atoms with Gasteiger partial charge in [0.2, 0.25) is 0 Å². The number of likely N-dealkylation sites (N-methyl/N-ethyl adjacent to an activating group) is 1. The van der Waals surface area contributed by atoms with E-state index in [1.54, 1.807) is 18.2 Å². The lowest BCUT2D eigenvalue weighted by molar-refractivity contribution is 0.0943. The summed E-state index contributed by atoms with van der Waals surface area (Å²) < 4.78 is 6.00. The zero-order chi connectivity index (χ0) is 15.9. The van der Waals surface area contributed by atoms with Crippen molar-refractivity contribution in [2.75, 3.05) is 13.1 Å². The van der Waals surface area contributed by atoms with Crippen LogP contribution in [0.1, 0.15) is 49.9 Å².